The average Bonchev–Trinajstić information content (AvgIpc) is 2.69. The Kier molecular flexibility index (Phi) is 3.66. The second-order valence-electron chi connectivity index (χ2n) is 7.15. The highest BCUT2D eigenvalue weighted by atomic mass is 16.5. The van der Waals surface area contributed by atoms with Crippen molar-refractivity contribution in [3.8, 4) is 11.5 Å². The largest absolute Gasteiger partial charge is 0.493 e. The minimum absolute atomic E-state index is 0.158. The minimum atomic E-state index is -0.202. The molecule has 26 heavy (non-hydrogen) atoms. The van der Waals surface area contributed by atoms with Crippen LogP contribution in [0.4, 0.5) is 0 Å². The molecule has 3 atom stereocenters. The number of fused-ring (bicyclic) bond motifs is 3. The number of Topliss-reactive ketones (excluding diaryl/α,β-unsaturated/α-hetero) is 1. The van der Waals surface area contributed by atoms with Crippen LogP contribution in [0.15, 0.2) is 66.8 Å². The number of ether oxygens (including phenoxy) is 2. The molecule has 0 aromatic heterocycles. The number of carbonyl (C=O) groups excluding carboxylic acids is 1. The van der Waals surface area contributed by atoms with Gasteiger partial charge in [-0.05, 0) is 54.2 Å². The quantitative estimate of drug-likeness (QED) is 0.806. The zero-order valence-electron chi connectivity index (χ0n) is 14.4. The van der Waals surface area contributed by atoms with Crippen molar-refractivity contribution in [3.05, 3.63) is 83.5 Å². The maximum atomic E-state index is 12.9. The van der Waals surface area contributed by atoms with E-state index < -0.39 is 0 Å². The number of para-hydroxylation sites is 1. The first kappa shape index (κ1) is 15.4. The van der Waals surface area contributed by atoms with Crippen molar-refractivity contribution >= 4 is 5.78 Å². The Balaban J connectivity index is 1.44. The summed E-state index contributed by atoms with van der Waals surface area (Å²) in [5.41, 5.74) is 3.15. The van der Waals surface area contributed by atoms with E-state index in [4.69, 9.17) is 9.47 Å². The van der Waals surface area contributed by atoms with Gasteiger partial charge < -0.3 is 9.47 Å². The van der Waals surface area contributed by atoms with Gasteiger partial charge in [0.2, 0.25) is 0 Å². The SMILES string of the molecule is O=C1c2cc(C[C@@H]3CCOc4ccccc43)ccc2OC2C=CC=CC12. The van der Waals surface area contributed by atoms with Crippen molar-refractivity contribution < 1.29 is 14.3 Å². The van der Waals surface area contributed by atoms with Gasteiger partial charge >= 0.3 is 0 Å². The molecule has 2 aromatic carbocycles. The third-order valence-corrected chi connectivity index (χ3v) is 5.52. The molecule has 130 valence electrons. The van der Waals surface area contributed by atoms with E-state index in [1.807, 2.05) is 48.6 Å². The fourth-order valence-corrected chi connectivity index (χ4v) is 4.17. The van der Waals surface area contributed by atoms with Gasteiger partial charge in [-0.3, -0.25) is 4.79 Å². The minimum Gasteiger partial charge on any atom is -0.493 e. The molecule has 3 nitrogen and oxygen atoms in total. The molecule has 2 aliphatic heterocycles. The van der Waals surface area contributed by atoms with Gasteiger partial charge in [-0.2, -0.15) is 0 Å². The van der Waals surface area contributed by atoms with E-state index in [-0.39, 0.29) is 17.8 Å². The molecular formula is C23H20O3. The summed E-state index contributed by atoms with van der Waals surface area (Å²) in [7, 11) is 0. The first-order valence-corrected chi connectivity index (χ1v) is 9.20. The van der Waals surface area contributed by atoms with Crippen LogP contribution in [0.3, 0.4) is 0 Å². The molecule has 3 heteroatoms. The summed E-state index contributed by atoms with van der Waals surface area (Å²) in [6.45, 7) is 0.746. The molecule has 2 aromatic rings. The zero-order valence-corrected chi connectivity index (χ0v) is 14.4. The van der Waals surface area contributed by atoms with Crippen LogP contribution in [0.1, 0.15) is 33.8 Å². The molecule has 0 saturated carbocycles. The summed E-state index contributed by atoms with van der Waals surface area (Å²) in [5, 5.41) is 0. The van der Waals surface area contributed by atoms with Gasteiger partial charge in [0.1, 0.15) is 17.6 Å². The number of carbonyl (C=O) groups is 1. The number of benzene rings is 2. The monoisotopic (exact) mass is 344 g/mol. The molecule has 0 radical (unpaired) electrons. The lowest BCUT2D eigenvalue weighted by molar-refractivity contribution is 0.0806. The summed E-state index contributed by atoms with van der Waals surface area (Å²) < 4.78 is 11.8. The van der Waals surface area contributed by atoms with E-state index in [1.54, 1.807) is 0 Å². The van der Waals surface area contributed by atoms with E-state index in [1.165, 1.54) is 11.1 Å². The van der Waals surface area contributed by atoms with Gasteiger partial charge in [-0.15, -0.1) is 0 Å². The van der Waals surface area contributed by atoms with Crippen LogP contribution >= 0.6 is 0 Å². The first-order chi connectivity index (χ1) is 12.8. The molecule has 0 saturated heterocycles. The number of rotatable bonds is 2. The van der Waals surface area contributed by atoms with Crippen molar-refractivity contribution in [3.63, 3.8) is 0 Å². The Hall–Kier alpha value is -2.81. The highest BCUT2D eigenvalue weighted by molar-refractivity contribution is 6.03. The second kappa shape index (κ2) is 6.17. The molecule has 2 unspecified atom stereocenters. The molecule has 0 fully saturated rings. The van der Waals surface area contributed by atoms with Crippen LogP contribution in [0, 0.1) is 5.92 Å². The maximum Gasteiger partial charge on any atom is 0.177 e. The predicted molar refractivity (Wildman–Crippen MR) is 100.0 cm³/mol. The van der Waals surface area contributed by atoms with Crippen LogP contribution in [0.5, 0.6) is 11.5 Å². The summed E-state index contributed by atoms with van der Waals surface area (Å²) in [4.78, 5) is 12.9. The first-order valence-electron chi connectivity index (χ1n) is 9.20. The van der Waals surface area contributed by atoms with Gasteiger partial charge in [-0.25, -0.2) is 0 Å². The molecule has 0 amide bonds. The van der Waals surface area contributed by atoms with E-state index in [2.05, 4.69) is 18.2 Å². The lowest BCUT2D eigenvalue weighted by Gasteiger charge is -2.31. The normalized spacial score (nSPS) is 25.5. The molecular weight excluding hydrogens is 324 g/mol. The highest BCUT2D eigenvalue weighted by Crippen LogP contribution is 2.38. The molecule has 1 aliphatic carbocycles. The van der Waals surface area contributed by atoms with Crippen molar-refractivity contribution in [1.29, 1.82) is 0 Å². The molecule has 3 aliphatic rings. The molecule has 0 N–H and O–H groups in total. The Morgan fingerprint density at radius 2 is 1.88 bits per heavy atom. The van der Waals surface area contributed by atoms with E-state index in [0.717, 1.165) is 25.2 Å². The Labute approximate surface area is 152 Å². The Morgan fingerprint density at radius 1 is 1.00 bits per heavy atom. The topological polar surface area (TPSA) is 35.5 Å². The summed E-state index contributed by atoms with van der Waals surface area (Å²) in [6, 6.07) is 14.3. The van der Waals surface area contributed by atoms with Crippen LogP contribution in [0.25, 0.3) is 0 Å². The van der Waals surface area contributed by atoms with Crippen molar-refractivity contribution in [2.45, 2.75) is 24.9 Å². The summed E-state index contributed by atoms with van der Waals surface area (Å²) in [6.07, 6.45) is 9.50. The zero-order chi connectivity index (χ0) is 17.5. The second-order valence-corrected chi connectivity index (χ2v) is 7.15. The predicted octanol–water partition coefficient (Wildman–Crippen LogP) is 4.48. The van der Waals surface area contributed by atoms with Crippen molar-refractivity contribution in [2.75, 3.05) is 6.61 Å². The van der Waals surface area contributed by atoms with E-state index >= 15 is 0 Å². The molecule has 0 bridgehead atoms. The van der Waals surface area contributed by atoms with Gasteiger partial charge in [0, 0.05) is 0 Å². The number of allylic oxidation sites excluding steroid dienone is 2. The number of hydrogen-bond acceptors (Lipinski definition) is 3. The summed E-state index contributed by atoms with van der Waals surface area (Å²) in [5.74, 6) is 2.07. The maximum absolute atomic E-state index is 12.9. The van der Waals surface area contributed by atoms with E-state index in [9.17, 15) is 4.79 Å². The lowest BCUT2D eigenvalue weighted by atomic mass is 9.84. The van der Waals surface area contributed by atoms with Crippen molar-refractivity contribution in [1.82, 2.24) is 0 Å². The smallest absolute Gasteiger partial charge is 0.177 e. The third kappa shape index (κ3) is 2.55. The van der Waals surface area contributed by atoms with Gasteiger partial charge in [0.05, 0.1) is 18.1 Å². The number of ketones is 1. The lowest BCUT2D eigenvalue weighted by Crippen LogP contribution is -2.36. The Morgan fingerprint density at radius 3 is 2.85 bits per heavy atom. The standard InChI is InChI=1S/C23H20O3/c24-23-18-6-2-4-8-21(18)26-22-10-9-15(14-19(22)23)13-16-11-12-25-20-7-3-1-5-17(16)20/h1-10,14,16,18,21H,11-13H2/t16-,18?,21?/m0/s1. The van der Waals surface area contributed by atoms with E-state index in [0.29, 0.717) is 17.2 Å². The van der Waals surface area contributed by atoms with Gasteiger partial charge in [0.15, 0.2) is 5.78 Å². The fraction of sp³-hybridized carbons (Fsp3) is 0.261. The molecule has 0 spiro atoms. The Bertz CT molecular complexity index is 925. The fourth-order valence-electron chi connectivity index (χ4n) is 4.17. The third-order valence-electron chi connectivity index (χ3n) is 5.52. The number of hydrogen-bond donors (Lipinski definition) is 0. The van der Waals surface area contributed by atoms with Crippen LogP contribution in [-0.4, -0.2) is 18.5 Å². The average molecular weight is 344 g/mol. The highest BCUT2D eigenvalue weighted by Gasteiger charge is 2.35. The molecule has 2 heterocycles. The summed E-state index contributed by atoms with van der Waals surface area (Å²) >= 11 is 0. The van der Waals surface area contributed by atoms with Crippen LogP contribution < -0.4 is 9.47 Å². The van der Waals surface area contributed by atoms with Gasteiger partial charge in [0.25, 0.3) is 0 Å². The molecule has 5 rings (SSSR count). The van der Waals surface area contributed by atoms with Crippen molar-refractivity contribution in [2.24, 2.45) is 5.92 Å². The van der Waals surface area contributed by atoms with Crippen LogP contribution in [-0.2, 0) is 6.42 Å². The van der Waals surface area contributed by atoms with Gasteiger partial charge in [-0.1, -0.05) is 42.5 Å². The van der Waals surface area contributed by atoms with Crippen LogP contribution in [0.2, 0.25) is 0 Å².